The first-order valence-corrected chi connectivity index (χ1v) is 5.28. The molecule has 80 valence electrons. The van der Waals surface area contributed by atoms with E-state index in [1.807, 2.05) is 11.8 Å². The van der Waals surface area contributed by atoms with Crippen molar-refractivity contribution in [2.45, 2.75) is 32.7 Å². The fraction of sp³-hybridized carbons (Fsp3) is 0.545. The van der Waals surface area contributed by atoms with Crippen LogP contribution in [0.1, 0.15) is 35.9 Å². The van der Waals surface area contributed by atoms with Crippen LogP contribution in [0.4, 0.5) is 0 Å². The summed E-state index contributed by atoms with van der Waals surface area (Å²) in [6.07, 6.45) is 5.37. The summed E-state index contributed by atoms with van der Waals surface area (Å²) in [6, 6.07) is 0.334. The van der Waals surface area contributed by atoms with E-state index in [1.54, 1.807) is 12.4 Å². The third-order valence-electron chi connectivity index (χ3n) is 2.81. The lowest BCUT2D eigenvalue weighted by molar-refractivity contribution is 0.0741. The van der Waals surface area contributed by atoms with Crippen LogP contribution in [0.15, 0.2) is 12.4 Å². The van der Waals surface area contributed by atoms with Crippen LogP contribution < -0.4 is 0 Å². The van der Waals surface area contributed by atoms with Gasteiger partial charge in [-0.3, -0.25) is 9.78 Å². The summed E-state index contributed by atoms with van der Waals surface area (Å²) in [5.41, 5.74) is 1.29. The van der Waals surface area contributed by atoms with Crippen LogP contribution in [-0.2, 0) is 0 Å². The minimum atomic E-state index is 0.00694. The van der Waals surface area contributed by atoms with E-state index in [0.29, 0.717) is 11.7 Å². The Morgan fingerprint density at radius 2 is 2.27 bits per heavy atom. The Kier molecular flexibility index (Phi) is 2.66. The Hall–Kier alpha value is -1.45. The summed E-state index contributed by atoms with van der Waals surface area (Å²) < 4.78 is 0. The van der Waals surface area contributed by atoms with Crippen molar-refractivity contribution < 1.29 is 4.79 Å². The summed E-state index contributed by atoms with van der Waals surface area (Å²) in [7, 11) is 0. The molecule has 0 aromatic carbocycles. The zero-order chi connectivity index (χ0) is 10.8. The molecule has 0 bridgehead atoms. The fourth-order valence-corrected chi connectivity index (χ4v) is 1.89. The Bertz CT molecular complexity index is 361. The second-order valence-electron chi connectivity index (χ2n) is 4.03. The van der Waals surface area contributed by atoms with Gasteiger partial charge < -0.3 is 4.90 Å². The van der Waals surface area contributed by atoms with Crippen LogP contribution in [0.25, 0.3) is 0 Å². The van der Waals surface area contributed by atoms with Gasteiger partial charge in [-0.2, -0.15) is 0 Å². The van der Waals surface area contributed by atoms with Gasteiger partial charge in [0.05, 0.1) is 11.9 Å². The zero-order valence-electron chi connectivity index (χ0n) is 9.10. The highest BCUT2D eigenvalue weighted by Gasteiger charge is 2.26. The van der Waals surface area contributed by atoms with Gasteiger partial charge in [-0.05, 0) is 26.7 Å². The lowest BCUT2D eigenvalue weighted by atomic mass is 10.2. The molecular weight excluding hydrogens is 190 g/mol. The molecule has 1 unspecified atom stereocenters. The maximum atomic E-state index is 12.0. The zero-order valence-corrected chi connectivity index (χ0v) is 9.10. The third-order valence-corrected chi connectivity index (χ3v) is 2.81. The molecule has 1 aromatic heterocycles. The van der Waals surface area contributed by atoms with Gasteiger partial charge in [-0.25, -0.2) is 4.98 Å². The van der Waals surface area contributed by atoms with Gasteiger partial charge in [0.15, 0.2) is 0 Å². The summed E-state index contributed by atoms with van der Waals surface area (Å²) in [4.78, 5) is 22.1. The molecule has 0 aliphatic carbocycles. The monoisotopic (exact) mass is 205 g/mol. The molecule has 4 nitrogen and oxygen atoms in total. The molecule has 0 N–H and O–H groups in total. The van der Waals surface area contributed by atoms with Gasteiger partial charge in [0.1, 0.15) is 5.69 Å². The van der Waals surface area contributed by atoms with E-state index in [2.05, 4.69) is 16.9 Å². The van der Waals surface area contributed by atoms with Crippen molar-refractivity contribution in [3.05, 3.63) is 23.8 Å². The molecule has 0 radical (unpaired) electrons. The van der Waals surface area contributed by atoms with Gasteiger partial charge in [0.25, 0.3) is 5.91 Å². The van der Waals surface area contributed by atoms with Crippen molar-refractivity contribution in [2.75, 3.05) is 6.54 Å². The van der Waals surface area contributed by atoms with Gasteiger partial charge in [-0.1, -0.05) is 0 Å². The van der Waals surface area contributed by atoms with Crippen LogP contribution in [0.3, 0.4) is 0 Å². The number of carbonyl (C=O) groups is 1. The summed E-state index contributed by atoms with van der Waals surface area (Å²) in [6.45, 7) is 4.78. The highest BCUT2D eigenvalue weighted by atomic mass is 16.2. The Morgan fingerprint density at radius 3 is 2.80 bits per heavy atom. The summed E-state index contributed by atoms with van der Waals surface area (Å²) in [5, 5.41) is 0. The van der Waals surface area contributed by atoms with Crippen molar-refractivity contribution in [1.29, 1.82) is 0 Å². The number of carbonyl (C=O) groups excluding carboxylic acids is 1. The molecule has 15 heavy (non-hydrogen) atoms. The highest BCUT2D eigenvalue weighted by Crippen LogP contribution is 2.18. The first-order chi connectivity index (χ1) is 7.18. The van der Waals surface area contributed by atoms with Gasteiger partial charge >= 0.3 is 0 Å². The number of aryl methyl sites for hydroxylation is 1. The Labute approximate surface area is 89.3 Å². The molecule has 1 aliphatic heterocycles. The molecule has 2 rings (SSSR count). The molecule has 4 heteroatoms. The lowest BCUT2D eigenvalue weighted by Crippen LogP contribution is -2.34. The highest BCUT2D eigenvalue weighted by molar-refractivity contribution is 5.92. The van der Waals surface area contributed by atoms with E-state index in [9.17, 15) is 4.79 Å². The molecule has 1 amide bonds. The topological polar surface area (TPSA) is 46.1 Å². The third kappa shape index (κ3) is 1.98. The molecule has 0 spiro atoms. The largest absolute Gasteiger partial charge is 0.335 e. The standard InChI is InChI=1S/C11H15N3O/c1-8-6-13-10(7-12-8)11(15)14-5-3-4-9(14)2/h6-7,9H,3-5H2,1-2H3. The second-order valence-corrected chi connectivity index (χ2v) is 4.03. The van der Waals surface area contributed by atoms with E-state index < -0.39 is 0 Å². The van der Waals surface area contributed by atoms with E-state index in [0.717, 1.165) is 25.1 Å². The number of rotatable bonds is 1. The predicted molar refractivity (Wildman–Crippen MR) is 56.5 cm³/mol. The second kappa shape index (κ2) is 3.96. The molecule has 1 aliphatic rings. The molecule has 2 heterocycles. The lowest BCUT2D eigenvalue weighted by Gasteiger charge is -2.20. The van der Waals surface area contributed by atoms with E-state index >= 15 is 0 Å². The van der Waals surface area contributed by atoms with E-state index in [4.69, 9.17) is 0 Å². The van der Waals surface area contributed by atoms with Crippen molar-refractivity contribution >= 4 is 5.91 Å². The van der Waals surface area contributed by atoms with Crippen molar-refractivity contribution in [3.8, 4) is 0 Å². The minimum Gasteiger partial charge on any atom is -0.335 e. The van der Waals surface area contributed by atoms with E-state index in [1.165, 1.54) is 0 Å². The first kappa shape index (κ1) is 10.1. The van der Waals surface area contributed by atoms with Crippen molar-refractivity contribution in [2.24, 2.45) is 0 Å². The van der Waals surface area contributed by atoms with Gasteiger partial charge in [0.2, 0.25) is 0 Å². The Morgan fingerprint density at radius 1 is 1.47 bits per heavy atom. The van der Waals surface area contributed by atoms with Crippen LogP contribution >= 0.6 is 0 Å². The van der Waals surface area contributed by atoms with Gasteiger partial charge in [-0.15, -0.1) is 0 Å². The van der Waals surface area contributed by atoms with Crippen LogP contribution in [-0.4, -0.2) is 33.4 Å². The average Bonchev–Trinajstić information content (AvgIpc) is 2.65. The number of aromatic nitrogens is 2. The SMILES string of the molecule is Cc1cnc(C(=O)N2CCCC2C)cn1. The minimum absolute atomic E-state index is 0.00694. The fourth-order valence-electron chi connectivity index (χ4n) is 1.89. The van der Waals surface area contributed by atoms with Crippen LogP contribution in [0.2, 0.25) is 0 Å². The molecule has 1 fully saturated rings. The maximum Gasteiger partial charge on any atom is 0.274 e. The van der Waals surface area contributed by atoms with Gasteiger partial charge in [0, 0.05) is 18.8 Å². The molecular formula is C11H15N3O. The average molecular weight is 205 g/mol. The quantitative estimate of drug-likeness (QED) is 0.696. The molecule has 0 saturated carbocycles. The number of nitrogens with zero attached hydrogens (tertiary/aromatic N) is 3. The number of likely N-dealkylation sites (tertiary alicyclic amines) is 1. The van der Waals surface area contributed by atoms with E-state index in [-0.39, 0.29) is 5.91 Å². The number of hydrogen-bond acceptors (Lipinski definition) is 3. The summed E-state index contributed by atoms with van der Waals surface area (Å²) >= 11 is 0. The number of amides is 1. The molecule has 1 atom stereocenters. The van der Waals surface area contributed by atoms with Crippen molar-refractivity contribution in [1.82, 2.24) is 14.9 Å². The molecule has 1 saturated heterocycles. The normalized spacial score (nSPS) is 20.7. The molecule has 1 aromatic rings. The summed E-state index contributed by atoms with van der Waals surface area (Å²) in [5.74, 6) is 0.00694. The number of hydrogen-bond donors (Lipinski definition) is 0. The smallest absolute Gasteiger partial charge is 0.274 e. The predicted octanol–water partition coefficient (Wildman–Crippen LogP) is 1.41. The van der Waals surface area contributed by atoms with Crippen LogP contribution in [0, 0.1) is 6.92 Å². The Balaban J connectivity index is 2.17. The maximum absolute atomic E-state index is 12.0. The van der Waals surface area contributed by atoms with Crippen LogP contribution in [0.5, 0.6) is 0 Å². The first-order valence-electron chi connectivity index (χ1n) is 5.28. The van der Waals surface area contributed by atoms with Crippen molar-refractivity contribution in [3.63, 3.8) is 0 Å².